The smallest absolute Gasteiger partial charge is 0.264 e. The van der Waals surface area contributed by atoms with Crippen molar-refractivity contribution in [2.45, 2.75) is 20.8 Å². The lowest BCUT2D eigenvalue weighted by atomic mass is 9.94. The van der Waals surface area contributed by atoms with Gasteiger partial charge in [-0.05, 0) is 72.8 Å². The lowest BCUT2D eigenvalue weighted by molar-refractivity contribution is -0.662. The molecule has 4 aromatic rings. The van der Waals surface area contributed by atoms with Crippen molar-refractivity contribution in [3.8, 4) is 22.4 Å². The molecule has 3 heteroatoms. The van der Waals surface area contributed by atoms with Gasteiger partial charge in [-0.3, -0.25) is 4.98 Å². The van der Waals surface area contributed by atoms with Gasteiger partial charge in [-0.2, -0.15) is 0 Å². The number of aromatic nitrogens is 3. The van der Waals surface area contributed by atoms with Gasteiger partial charge in [-0.25, -0.2) is 4.57 Å². The van der Waals surface area contributed by atoms with Crippen molar-refractivity contribution >= 4 is 10.9 Å². The molecule has 2 heterocycles. The second-order valence-electron chi connectivity index (χ2n) is 6.93. The van der Waals surface area contributed by atoms with Crippen LogP contribution in [0, 0.1) is 20.8 Å². The third-order valence-corrected chi connectivity index (χ3v) is 5.04. The Hall–Kier alpha value is -3.07. The highest BCUT2D eigenvalue weighted by Crippen LogP contribution is 2.32. The molecule has 0 aliphatic carbocycles. The second-order valence-corrected chi connectivity index (χ2v) is 6.93. The fraction of sp³-hybridized carbons (Fsp3) is 0.174. The summed E-state index contributed by atoms with van der Waals surface area (Å²) in [6, 6.07) is 15.0. The minimum Gasteiger partial charge on any atom is -0.264 e. The summed E-state index contributed by atoms with van der Waals surface area (Å²) in [5.74, 6) is 0. The zero-order valence-electron chi connectivity index (χ0n) is 15.6. The van der Waals surface area contributed by atoms with Crippen molar-refractivity contribution in [2.75, 3.05) is 0 Å². The summed E-state index contributed by atoms with van der Waals surface area (Å²) >= 11 is 0. The van der Waals surface area contributed by atoms with Crippen molar-refractivity contribution in [3.63, 3.8) is 0 Å². The summed E-state index contributed by atoms with van der Waals surface area (Å²) in [7, 11) is 2.07. The number of rotatable bonds is 2. The van der Waals surface area contributed by atoms with E-state index >= 15 is 0 Å². The monoisotopic (exact) mass is 340 g/mol. The average molecular weight is 340 g/mol. The van der Waals surface area contributed by atoms with Crippen LogP contribution in [0.25, 0.3) is 33.3 Å². The van der Waals surface area contributed by atoms with E-state index in [9.17, 15) is 0 Å². The standard InChI is InChI=1S/C23H22N3/c1-15-10-16(2)17(3)20(11-15)23-21-12-18(19-6-5-9-24-13-19)7-8-22(21)25-14-26(23)4/h5-14H,1-4H3/q+1. The normalized spacial score (nSPS) is 11.1. The van der Waals surface area contributed by atoms with Gasteiger partial charge in [0.15, 0.2) is 5.52 Å². The summed E-state index contributed by atoms with van der Waals surface area (Å²) in [6.45, 7) is 6.53. The summed E-state index contributed by atoms with van der Waals surface area (Å²) in [6.07, 6.45) is 5.61. The van der Waals surface area contributed by atoms with E-state index in [0.717, 1.165) is 22.0 Å². The molecule has 0 amide bonds. The highest BCUT2D eigenvalue weighted by atomic mass is 15.0. The molecule has 0 N–H and O–H groups in total. The van der Waals surface area contributed by atoms with E-state index in [2.05, 4.69) is 78.8 Å². The maximum absolute atomic E-state index is 4.62. The van der Waals surface area contributed by atoms with E-state index in [0.29, 0.717) is 0 Å². The summed E-state index contributed by atoms with van der Waals surface area (Å²) < 4.78 is 2.12. The lowest BCUT2D eigenvalue weighted by Gasteiger charge is -2.13. The van der Waals surface area contributed by atoms with Gasteiger partial charge in [0.05, 0.1) is 12.4 Å². The van der Waals surface area contributed by atoms with Crippen LogP contribution >= 0.6 is 0 Å². The Balaban J connectivity index is 2.04. The van der Waals surface area contributed by atoms with Crippen molar-refractivity contribution in [1.82, 2.24) is 9.97 Å². The van der Waals surface area contributed by atoms with Crippen molar-refractivity contribution < 1.29 is 4.57 Å². The second kappa shape index (κ2) is 6.34. The van der Waals surface area contributed by atoms with E-state index < -0.39 is 0 Å². The fourth-order valence-electron chi connectivity index (χ4n) is 3.57. The Morgan fingerprint density at radius 3 is 2.54 bits per heavy atom. The molecule has 0 saturated heterocycles. The fourth-order valence-corrected chi connectivity index (χ4v) is 3.57. The molecule has 0 radical (unpaired) electrons. The molecule has 2 aromatic carbocycles. The predicted molar refractivity (Wildman–Crippen MR) is 106 cm³/mol. The van der Waals surface area contributed by atoms with Gasteiger partial charge in [-0.1, -0.05) is 17.7 Å². The number of pyridine rings is 1. The first-order chi connectivity index (χ1) is 12.5. The predicted octanol–water partition coefficient (Wildman–Crippen LogP) is 4.71. The molecular formula is C23H22N3+. The molecule has 0 unspecified atom stereocenters. The molecule has 0 fully saturated rings. The molecule has 128 valence electrons. The molecule has 0 aliphatic heterocycles. The third kappa shape index (κ3) is 2.76. The van der Waals surface area contributed by atoms with Crippen LogP contribution in [-0.4, -0.2) is 9.97 Å². The van der Waals surface area contributed by atoms with Gasteiger partial charge in [0.1, 0.15) is 5.69 Å². The maximum Gasteiger partial charge on any atom is 0.287 e. The average Bonchev–Trinajstić information content (AvgIpc) is 2.65. The molecule has 0 aliphatic rings. The van der Waals surface area contributed by atoms with Crippen LogP contribution in [-0.2, 0) is 7.05 Å². The highest BCUT2D eigenvalue weighted by Gasteiger charge is 2.18. The van der Waals surface area contributed by atoms with Crippen molar-refractivity contribution in [2.24, 2.45) is 7.05 Å². The van der Waals surface area contributed by atoms with Crippen LogP contribution in [0.2, 0.25) is 0 Å². The van der Waals surface area contributed by atoms with Gasteiger partial charge in [-0.15, -0.1) is 0 Å². The molecule has 4 rings (SSSR count). The zero-order valence-corrected chi connectivity index (χ0v) is 15.6. The third-order valence-electron chi connectivity index (χ3n) is 5.04. The summed E-state index contributed by atoms with van der Waals surface area (Å²) in [5.41, 5.74) is 9.64. The number of hydrogen-bond donors (Lipinski definition) is 0. The van der Waals surface area contributed by atoms with Crippen LogP contribution in [0.5, 0.6) is 0 Å². The van der Waals surface area contributed by atoms with E-state index in [1.165, 1.54) is 27.9 Å². The number of fused-ring (bicyclic) bond motifs is 1. The highest BCUT2D eigenvalue weighted by molar-refractivity contribution is 5.94. The topological polar surface area (TPSA) is 29.7 Å². The number of hydrogen-bond acceptors (Lipinski definition) is 2. The summed E-state index contributed by atoms with van der Waals surface area (Å²) in [5, 5.41) is 1.16. The Bertz CT molecular complexity index is 1120. The first-order valence-corrected chi connectivity index (χ1v) is 8.81. The number of aryl methyl sites for hydroxylation is 3. The van der Waals surface area contributed by atoms with Gasteiger partial charge in [0, 0.05) is 23.5 Å². The van der Waals surface area contributed by atoms with Crippen molar-refractivity contribution in [3.05, 3.63) is 77.9 Å². The van der Waals surface area contributed by atoms with Crippen LogP contribution in [0.1, 0.15) is 16.7 Å². The zero-order chi connectivity index (χ0) is 18.3. The molecule has 2 aromatic heterocycles. The van der Waals surface area contributed by atoms with E-state index in [1.807, 2.05) is 18.6 Å². The summed E-state index contributed by atoms with van der Waals surface area (Å²) in [4.78, 5) is 8.88. The molecule has 26 heavy (non-hydrogen) atoms. The molecule has 3 nitrogen and oxygen atoms in total. The molecule has 0 atom stereocenters. The number of nitrogens with zero attached hydrogens (tertiary/aromatic N) is 3. The Kier molecular flexibility index (Phi) is 4.00. The first kappa shape index (κ1) is 16.4. The molecular weight excluding hydrogens is 318 g/mol. The van der Waals surface area contributed by atoms with Gasteiger partial charge in [0.25, 0.3) is 6.33 Å². The van der Waals surface area contributed by atoms with E-state index in [4.69, 9.17) is 0 Å². The van der Waals surface area contributed by atoms with Gasteiger partial charge < -0.3 is 0 Å². The molecule has 0 bridgehead atoms. The minimum atomic E-state index is 1.00. The van der Waals surface area contributed by atoms with Gasteiger partial charge >= 0.3 is 0 Å². The minimum absolute atomic E-state index is 1.00. The van der Waals surface area contributed by atoms with Crippen LogP contribution in [0.3, 0.4) is 0 Å². The molecule has 0 saturated carbocycles. The van der Waals surface area contributed by atoms with E-state index in [1.54, 1.807) is 6.20 Å². The van der Waals surface area contributed by atoms with Crippen LogP contribution < -0.4 is 4.57 Å². The lowest BCUT2D eigenvalue weighted by Crippen LogP contribution is -2.32. The van der Waals surface area contributed by atoms with E-state index in [-0.39, 0.29) is 0 Å². The van der Waals surface area contributed by atoms with Crippen molar-refractivity contribution in [1.29, 1.82) is 0 Å². The Morgan fingerprint density at radius 2 is 1.77 bits per heavy atom. The van der Waals surface area contributed by atoms with Crippen LogP contribution in [0.4, 0.5) is 0 Å². The van der Waals surface area contributed by atoms with Gasteiger partial charge in [0.2, 0.25) is 0 Å². The Morgan fingerprint density at radius 1 is 0.923 bits per heavy atom. The quantitative estimate of drug-likeness (QED) is 0.495. The SMILES string of the molecule is Cc1cc(C)c(C)c(-c2c3cc(-c4cccnc4)ccc3nc[n+]2C)c1. The largest absolute Gasteiger partial charge is 0.287 e. The Labute approximate surface area is 154 Å². The first-order valence-electron chi connectivity index (χ1n) is 8.81. The van der Waals surface area contributed by atoms with Crippen LogP contribution in [0.15, 0.2) is 61.2 Å². The maximum atomic E-state index is 4.62. The molecule has 0 spiro atoms. The number of benzene rings is 2.